The maximum Gasteiger partial charge on any atom is 0.410 e. The van der Waals surface area contributed by atoms with Crippen molar-refractivity contribution in [2.24, 2.45) is 5.92 Å². The van der Waals surface area contributed by atoms with Crippen molar-refractivity contribution in [3.63, 3.8) is 0 Å². The first-order chi connectivity index (χ1) is 14.2. The van der Waals surface area contributed by atoms with Crippen molar-refractivity contribution in [1.29, 1.82) is 0 Å². The van der Waals surface area contributed by atoms with Crippen LogP contribution in [0.5, 0.6) is 5.75 Å². The minimum absolute atomic E-state index is 0.149. The quantitative estimate of drug-likeness (QED) is 0.511. The molecule has 1 aliphatic rings. The number of nitrogens with zero attached hydrogens (tertiary/aromatic N) is 1. The minimum atomic E-state index is -1.29. The van der Waals surface area contributed by atoms with Gasteiger partial charge in [0.25, 0.3) is 0 Å². The number of rotatable bonds is 5. The van der Waals surface area contributed by atoms with Gasteiger partial charge < -0.3 is 14.4 Å². The van der Waals surface area contributed by atoms with Crippen LogP contribution in [0.2, 0.25) is 5.02 Å². The van der Waals surface area contributed by atoms with Crippen LogP contribution in [-0.2, 0) is 15.7 Å². The van der Waals surface area contributed by atoms with Crippen LogP contribution in [0.3, 0.4) is 0 Å². The van der Waals surface area contributed by atoms with Crippen LogP contribution in [0.1, 0.15) is 66.0 Å². The molecule has 1 unspecified atom stereocenters. The lowest BCUT2D eigenvalue weighted by atomic mass is 9.85. The van der Waals surface area contributed by atoms with E-state index in [-0.39, 0.29) is 18.1 Å². The van der Waals surface area contributed by atoms with Crippen molar-refractivity contribution >= 4 is 44.6 Å². The number of piperidine rings is 1. The number of carbonyl (C=O) groups is 1. The molecule has 1 aromatic carbocycles. The van der Waals surface area contributed by atoms with Gasteiger partial charge in [-0.25, -0.2) is 13.7 Å². The van der Waals surface area contributed by atoms with Gasteiger partial charge in [-0.15, -0.1) is 0 Å². The normalized spacial score (nSPS) is 17.9. The van der Waals surface area contributed by atoms with E-state index in [1.165, 1.54) is 0 Å². The molecular formula is C22H34BrClN2O4S. The summed E-state index contributed by atoms with van der Waals surface area (Å²) in [5.74, 6) is 0.824. The van der Waals surface area contributed by atoms with E-state index in [0.29, 0.717) is 23.9 Å². The number of methoxy groups -OCH3 is 1. The van der Waals surface area contributed by atoms with Gasteiger partial charge >= 0.3 is 6.09 Å². The third-order valence-electron chi connectivity index (χ3n) is 5.06. The standard InChI is InChI=1S/C22H34BrClN2O4S/c1-21(2,3)30-20(27)26-10-8-14(9-11-26)19(25-31(28)22(4,5)6)15-12-17(24)16(23)13-18(15)29-7/h12-14,19,25H,8-11H2,1-7H3/t19-,31?/m1/s1. The molecule has 1 amide bonds. The van der Waals surface area contributed by atoms with Crippen LogP contribution in [0, 0.1) is 5.92 Å². The Labute approximate surface area is 202 Å². The molecule has 1 fully saturated rings. The topological polar surface area (TPSA) is 67.9 Å². The molecule has 2 rings (SSSR count). The summed E-state index contributed by atoms with van der Waals surface area (Å²) in [5, 5.41) is 0.565. The molecule has 176 valence electrons. The summed E-state index contributed by atoms with van der Waals surface area (Å²) in [6.45, 7) is 12.5. The van der Waals surface area contributed by atoms with Gasteiger partial charge in [-0.3, -0.25) is 0 Å². The Kier molecular flexibility index (Phi) is 8.87. The average Bonchev–Trinajstić information content (AvgIpc) is 2.66. The zero-order valence-corrected chi connectivity index (χ0v) is 22.5. The van der Waals surface area contributed by atoms with Crippen LogP contribution in [-0.4, -0.2) is 45.7 Å². The molecule has 0 spiro atoms. The van der Waals surface area contributed by atoms with E-state index in [1.807, 2.05) is 53.7 Å². The fraction of sp³-hybridized carbons (Fsp3) is 0.682. The summed E-state index contributed by atoms with van der Waals surface area (Å²) in [6.07, 6.45) is 1.20. The van der Waals surface area contributed by atoms with Gasteiger partial charge in [0.2, 0.25) is 0 Å². The zero-order valence-electron chi connectivity index (χ0n) is 19.4. The fourth-order valence-corrected chi connectivity index (χ4v) is 4.81. The van der Waals surface area contributed by atoms with Crippen molar-refractivity contribution in [3.05, 3.63) is 27.2 Å². The Morgan fingerprint density at radius 3 is 2.29 bits per heavy atom. The number of ether oxygens (including phenoxy) is 2. The van der Waals surface area contributed by atoms with Gasteiger partial charge in [0, 0.05) is 23.1 Å². The lowest BCUT2D eigenvalue weighted by Crippen LogP contribution is -2.45. The summed E-state index contributed by atoms with van der Waals surface area (Å²) in [7, 11) is 0.325. The molecule has 9 heteroatoms. The number of hydrogen-bond acceptors (Lipinski definition) is 4. The third kappa shape index (κ3) is 7.34. The smallest absolute Gasteiger partial charge is 0.410 e. The second kappa shape index (κ2) is 10.4. The van der Waals surface area contributed by atoms with E-state index < -0.39 is 21.3 Å². The molecule has 0 saturated carbocycles. The summed E-state index contributed by atoms with van der Waals surface area (Å²) >= 11 is 9.85. The van der Waals surface area contributed by atoms with Crippen LogP contribution in [0.4, 0.5) is 4.79 Å². The molecular weight excluding hydrogens is 504 g/mol. The molecule has 1 aromatic rings. The van der Waals surface area contributed by atoms with Crippen LogP contribution in [0.15, 0.2) is 16.6 Å². The predicted octanol–water partition coefficient (Wildman–Crippen LogP) is 5.85. The first-order valence-electron chi connectivity index (χ1n) is 10.4. The van der Waals surface area contributed by atoms with E-state index in [2.05, 4.69) is 20.7 Å². The molecule has 31 heavy (non-hydrogen) atoms. The Balaban J connectivity index is 2.28. The molecule has 2 atom stereocenters. The molecule has 0 bridgehead atoms. The number of halogens is 2. The highest BCUT2D eigenvalue weighted by Gasteiger charge is 2.35. The van der Waals surface area contributed by atoms with Crippen molar-refractivity contribution in [1.82, 2.24) is 9.62 Å². The van der Waals surface area contributed by atoms with E-state index >= 15 is 0 Å². The maximum absolute atomic E-state index is 13.0. The Hall–Kier alpha value is -0.830. The van der Waals surface area contributed by atoms with Gasteiger partial charge in [0.1, 0.15) is 11.4 Å². The summed E-state index contributed by atoms with van der Waals surface area (Å²) in [4.78, 5) is 14.2. The maximum atomic E-state index is 13.0. The number of carbonyl (C=O) groups excluding carboxylic acids is 1. The monoisotopic (exact) mass is 536 g/mol. The highest BCUT2D eigenvalue weighted by Crippen LogP contribution is 2.40. The molecule has 1 aliphatic heterocycles. The second-order valence-electron chi connectivity index (χ2n) is 9.79. The summed E-state index contributed by atoms with van der Waals surface area (Å²) in [5.41, 5.74) is 0.340. The average molecular weight is 538 g/mol. The summed E-state index contributed by atoms with van der Waals surface area (Å²) < 4.78 is 27.8. The molecule has 0 radical (unpaired) electrons. The highest BCUT2D eigenvalue weighted by atomic mass is 79.9. The number of likely N-dealkylation sites (tertiary alicyclic amines) is 1. The van der Waals surface area contributed by atoms with Crippen molar-refractivity contribution in [3.8, 4) is 5.75 Å². The number of nitrogens with one attached hydrogen (secondary N) is 1. The highest BCUT2D eigenvalue weighted by molar-refractivity contribution is 9.10. The van der Waals surface area contributed by atoms with Crippen LogP contribution >= 0.6 is 27.5 Å². The Morgan fingerprint density at radius 1 is 1.23 bits per heavy atom. The number of hydrogen-bond donors (Lipinski definition) is 1. The van der Waals surface area contributed by atoms with Crippen molar-refractivity contribution < 1.29 is 18.5 Å². The molecule has 1 saturated heterocycles. The molecule has 0 aliphatic carbocycles. The SMILES string of the molecule is COc1cc(Br)c(Cl)cc1[C@H](NS(=O)C(C)(C)C)C1CCN(C(=O)OC(C)(C)C)CC1. The predicted molar refractivity (Wildman–Crippen MR) is 130 cm³/mol. The lowest BCUT2D eigenvalue weighted by molar-refractivity contribution is 0.0171. The first kappa shape index (κ1) is 26.4. The van der Waals surface area contributed by atoms with Gasteiger partial charge in [-0.05, 0) is 88.4 Å². The van der Waals surface area contributed by atoms with E-state index in [9.17, 15) is 9.00 Å². The van der Waals surface area contributed by atoms with Crippen LogP contribution in [0.25, 0.3) is 0 Å². The Bertz CT molecular complexity index is 815. The third-order valence-corrected chi connectivity index (χ3v) is 7.84. The van der Waals surface area contributed by atoms with Gasteiger partial charge in [0.05, 0.1) is 33.9 Å². The zero-order chi connectivity index (χ0) is 23.6. The lowest BCUT2D eigenvalue weighted by Gasteiger charge is -2.38. The van der Waals surface area contributed by atoms with Gasteiger partial charge in [0.15, 0.2) is 0 Å². The van der Waals surface area contributed by atoms with Crippen molar-refractivity contribution in [2.75, 3.05) is 20.2 Å². The van der Waals surface area contributed by atoms with E-state index in [4.69, 9.17) is 21.1 Å². The Morgan fingerprint density at radius 2 is 1.81 bits per heavy atom. The van der Waals surface area contributed by atoms with Crippen molar-refractivity contribution in [2.45, 2.75) is 70.8 Å². The molecule has 6 nitrogen and oxygen atoms in total. The van der Waals surface area contributed by atoms with E-state index in [0.717, 1.165) is 22.9 Å². The summed E-state index contributed by atoms with van der Waals surface area (Å²) in [6, 6.07) is 3.46. The first-order valence-corrected chi connectivity index (χ1v) is 12.7. The minimum Gasteiger partial charge on any atom is -0.496 e. The van der Waals surface area contributed by atoms with Gasteiger partial charge in [-0.1, -0.05) is 11.6 Å². The molecule has 0 aromatic heterocycles. The number of amides is 1. The van der Waals surface area contributed by atoms with E-state index in [1.54, 1.807) is 12.0 Å². The fourth-order valence-electron chi connectivity index (χ4n) is 3.41. The molecule has 1 N–H and O–H groups in total. The molecule has 1 heterocycles. The largest absolute Gasteiger partial charge is 0.496 e. The second-order valence-corrected chi connectivity index (χ2v) is 13.0. The van der Waals surface area contributed by atoms with Crippen LogP contribution < -0.4 is 9.46 Å². The van der Waals surface area contributed by atoms with Gasteiger partial charge in [-0.2, -0.15) is 0 Å². The number of benzene rings is 1.